The molecule has 0 saturated heterocycles. The third kappa shape index (κ3) is 2.92. The van der Waals surface area contributed by atoms with Gasteiger partial charge >= 0.3 is 0 Å². The topological polar surface area (TPSA) is 59.8 Å². The predicted molar refractivity (Wildman–Crippen MR) is 93.3 cm³/mol. The number of pyridine rings is 1. The van der Waals surface area contributed by atoms with Crippen molar-refractivity contribution in [1.82, 2.24) is 19.9 Å². The molecule has 0 spiro atoms. The van der Waals surface area contributed by atoms with E-state index < -0.39 is 0 Å². The van der Waals surface area contributed by atoms with Crippen molar-refractivity contribution >= 4 is 17.7 Å². The molecule has 3 aromatic rings. The summed E-state index contributed by atoms with van der Waals surface area (Å²) in [5, 5.41) is 3.16. The fraction of sp³-hybridized carbons (Fsp3) is 0.167. The number of hydrogen-bond donors (Lipinski definition) is 1. The number of aromatic nitrogens is 3. The van der Waals surface area contributed by atoms with Gasteiger partial charge in [-0.15, -0.1) is 11.8 Å². The van der Waals surface area contributed by atoms with Crippen molar-refractivity contribution < 1.29 is 4.79 Å². The van der Waals surface area contributed by atoms with E-state index >= 15 is 0 Å². The van der Waals surface area contributed by atoms with Gasteiger partial charge in [-0.25, -0.2) is 9.97 Å². The summed E-state index contributed by atoms with van der Waals surface area (Å²) < 4.78 is 1.78. The highest BCUT2D eigenvalue weighted by Gasteiger charge is 2.22. The smallest absolute Gasteiger partial charge is 0.251 e. The average Bonchev–Trinajstić information content (AvgIpc) is 3.17. The quantitative estimate of drug-likeness (QED) is 0.798. The highest BCUT2D eigenvalue weighted by atomic mass is 32.2. The van der Waals surface area contributed by atoms with Crippen LogP contribution in [-0.4, -0.2) is 26.2 Å². The second kappa shape index (κ2) is 6.49. The van der Waals surface area contributed by atoms with Crippen LogP contribution in [-0.2, 0) is 0 Å². The van der Waals surface area contributed by atoms with Gasteiger partial charge in [-0.2, -0.15) is 0 Å². The molecule has 120 valence electrons. The molecule has 1 amide bonds. The lowest BCUT2D eigenvalue weighted by atomic mass is 10.0. The van der Waals surface area contributed by atoms with Crippen LogP contribution < -0.4 is 5.32 Å². The summed E-state index contributed by atoms with van der Waals surface area (Å²) in [6.45, 7) is 0. The second-order valence-electron chi connectivity index (χ2n) is 5.57. The number of carbonyl (C=O) groups is 1. The Morgan fingerprint density at radius 2 is 2.17 bits per heavy atom. The molecule has 0 fully saturated rings. The van der Waals surface area contributed by atoms with Crippen LogP contribution in [0.5, 0.6) is 0 Å². The van der Waals surface area contributed by atoms with Crippen molar-refractivity contribution in [2.45, 2.75) is 17.4 Å². The molecule has 0 aliphatic carbocycles. The SMILES string of the molecule is O=C(N[C@@H]1CCSc2ccccc21)c1ccnc(-n2ccnc2)c1. The molecule has 1 aliphatic rings. The molecule has 1 N–H and O–H groups in total. The number of thioether (sulfide) groups is 1. The molecule has 24 heavy (non-hydrogen) atoms. The molecule has 6 heteroatoms. The molecule has 0 radical (unpaired) electrons. The molecule has 0 unspecified atom stereocenters. The Bertz CT molecular complexity index is 863. The summed E-state index contributed by atoms with van der Waals surface area (Å²) in [5.74, 6) is 1.61. The maximum absolute atomic E-state index is 12.7. The molecule has 4 rings (SSSR count). The first-order valence-electron chi connectivity index (χ1n) is 7.78. The highest BCUT2D eigenvalue weighted by molar-refractivity contribution is 7.99. The zero-order chi connectivity index (χ0) is 16.4. The number of imidazole rings is 1. The van der Waals surface area contributed by atoms with E-state index in [4.69, 9.17) is 0 Å². The monoisotopic (exact) mass is 336 g/mol. The van der Waals surface area contributed by atoms with E-state index in [9.17, 15) is 4.79 Å². The van der Waals surface area contributed by atoms with Gasteiger partial charge in [0.2, 0.25) is 0 Å². The van der Waals surface area contributed by atoms with E-state index in [1.165, 1.54) is 10.5 Å². The van der Waals surface area contributed by atoms with Crippen molar-refractivity contribution in [3.05, 3.63) is 72.4 Å². The number of carbonyl (C=O) groups excluding carboxylic acids is 1. The Morgan fingerprint density at radius 3 is 3.04 bits per heavy atom. The number of nitrogens with zero attached hydrogens (tertiary/aromatic N) is 3. The number of amides is 1. The second-order valence-corrected chi connectivity index (χ2v) is 6.71. The summed E-state index contributed by atoms with van der Waals surface area (Å²) in [6, 6.07) is 11.8. The normalized spacial score (nSPS) is 16.4. The van der Waals surface area contributed by atoms with Gasteiger partial charge in [0.15, 0.2) is 0 Å². The van der Waals surface area contributed by atoms with Gasteiger partial charge in [-0.05, 0) is 30.2 Å². The van der Waals surface area contributed by atoms with Crippen LogP contribution >= 0.6 is 11.8 Å². The first-order chi connectivity index (χ1) is 11.8. The highest BCUT2D eigenvalue weighted by Crippen LogP contribution is 2.35. The minimum Gasteiger partial charge on any atom is -0.345 e. The summed E-state index contributed by atoms with van der Waals surface area (Å²) in [4.78, 5) is 22.2. The molecule has 5 nitrogen and oxygen atoms in total. The lowest BCUT2D eigenvalue weighted by Crippen LogP contribution is -2.30. The first kappa shape index (κ1) is 15.0. The summed E-state index contributed by atoms with van der Waals surface area (Å²) >= 11 is 1.84. The maximum atomic E-state index is 12.7. The van der Waals surface area contributed by atoms with Gasteiger partial charge in [0, 0.05) is 34.8 Å². The third-order valence-corrected chi connectivity index (χ3v) is 5.16. The van der Waals surface area contributed by atoms with E-state index in [1.807, 2.05) is 23.9 Å². The number of rotatable bonds is 3. The van der Waals surface area contributed by atoms with Gasteiger partial charge in [0.25, 0.3) is 5.91 Å². The molecule has 3 heterocycles. The van der Waals surface area contributed by atoms with Crippen molar-refractivity contribution in [1.29, 1.82) is 0 Å². The zero-order valence-electron chi connectivity index (χ0n) is 12.9. The van der Waals surface area contributed by atoms with Crippen molar-refractivity contribution in [3.8, 4) is 5.82 Å². The summed E-state index contributed by atoms with van der Waals surface area (Å²) in [5.41, 5.74) is 1.80. The molecule has 1 aliphatic heterocycles. The van der Waals surface area contributed by atoms with Gasteiger partial charge in [0.05, 0.1) is 6.04 Å². The van der Waals surface area contributed by atoms with Crippen LogP contribution in [0.25, 0.3) is 5.82 Å². The van der Waals surface area contributed by atoms with E-state index in [-0.39, 0.29) is 11.9 Å². The Morgan fingerprint density at radius 1 is 1.25 bits per heavy atom. The predicted octanol–water partition coefficient (Wildman–Crippen LogP) is 3.23. The lowest BCUT2D eigenvalue weighted by Gasteiger charge is -2.25. The van der Waals surface area contributed by atoms with Gasteiger partial charge in [-0.1, -0.05) is 18.2 Å². The molecular weight excluding hydrogens is 320 g/mol. The Labute approximate surface area is 144 Å². The largest absolute Gasteiger partial charge is 0.345 e. The number of benzene rings is 1. The number of hydrogen-bond acceptors (Lipinski definition) is 4. The van der Waals surface area contributed by atoms with E-state index in [2.05, 4.69) is 27.4 Å². The van der Waals surface area contributed by atoms with Crippen molar-refractivity contribution in [2.75, 3.05) is 5.75 Å². The van der Waals surface area contributed by atoms with Crippen LogP contribution in [0.15, 0.2) is 66.2 Å². The third-order valence-electron chi connectivity index (χ3n) is 4.04. The Kier molecular flexibility index (Phi) is 4.04. The maximum Gasteiger partial charge on any atom is 0.251 e. The van der Waals surface area contributed by atoms with E-state index in [0.29, 0.717) is 11.4 Å². The molecule has 2 aromatic heterocycles. The van der Waals surface area contributed by atoms with E-state index in [1.54, 1.807) is 41.6 Å². The Balaban J connectivity index is 1.56. The molecular formula is C18H16N4OS. The first-order valence-corrected chi connectivity index (χ1v) is 8.77. The molecule has 1 atom stereocenters. The van der Waals surface area contributed by atoms with Crippen molar-refractivity contribution in [2.24, 2.45) is 0 Å². The van der Waals surface area contributed by atoms with Gasteiger partial charge < -0.3 is 5.32 Å². The minimum absolute atomic E-state index is 0.0554. The van der Waals surface area contributed by atoms with Crippen LogP contribution in [0, 0.1) is 0 Å². The van der Waals surface area contributed by atoms with Crippen LogP contribution in [0.3, 0.4) is 0 Å². The lowest BCUT2D eigenvalue weighted by molar-refractivity contribution is 0.0935. The zero-order valence-corrected chi connectivity index (χ0v) is 13.7. The fourth-order valence-electron chi connectivity index (χ4n) is 2.83. The van der Waals surface area contributed by atoms with Gasteiger partial charge in [0.1, 0.15) is 12.1 Å². The minimum atomic E-state index is -0.0783. The molecule has 0 bridgehead atoms. The van der Waals surface area contributed by atoms with Crippen LogP contribution in [0.1, 0.15) is 28.4 Å². The van der Waals surface area contributed by atoms with Crippen molar-refractivity contribution in [3.63, 3.8) is 0 Å². The average molecular weight is 336 g/mol. The van der Waals surface area contributed by atoms with Crippen LogP contribution in [0.4, 0.5) is 0 Å². The van der Waals surface area contributed by atoms with E-state index in [0.717, 1.165) is 12.2 Å². The van der Waals surface area contributed by atoms with Crippen LogP contribution in [0.2, 0.25) is 0 Å². The van der Waals surface area contributed by atoms with Gasteiger partial charge in [-0.3, -0.25) is 9.36 Å². The standard InChI is InChI=1S/C18H16N4OS/c23-18(13-5-7-20-17(11-13)22-9-8-19-12-22)21-15-6-10-24-16-4-2-1-3-14(15)16/h1-5,7-9,11-12,15H,6,10H2,(H,21,23)/t15-/m1/s1. The number of nitrogens with one attached hydrogen (secondary N) is 1. The Hall–Kier alpha value is -2.60. The summed E-state index contributed by atoms with van der Waals surface area (Å²) in [6.07, 6.45) is 7.74. The molecule has 0 saturated carbocycles. The summed E-state index contributed by atoms with van der Waals surface area (Å²) in [7, 11) is 0. The fourth-order valence-corrected chi connectivity index (χ4v) is 3.95. The molecule has 1 aromatic carbocycles. The number of fused-ring (bicyclic) bond motifs is 1.